The molecule has 1 amide bonds. The van der Waals surface area contributed by atoms with Gasteiger partial charge in [-0.25, -0.2) is 0 Å². The molecule has 0 bridgehead atoms. The van der Waals surface area contributed by atoms with Gasteiger partial charge in [0.15, 0.2) is 5.78 Å². The van der Waals surface area contributed by atoms with Crippen LogP contribution < -0.4 is 10.1 Å². The third-order valence-corrected chi connectivity index (χ3v) is 7.40. The zero-order chi connectivity index (χ0) is 29.0. The van der Waals surface area contributed by atoms with Crippen molar-refractivity contribution in [2.45, 2.75) is 58.7 Å². The van der Waals surface area contributed by atoms with E-state index in [0.29, 0.717) is 35.7 Å². The maximum absolute atomic E-state index is 13.1. The van der Waals surface area contributed by atoms with Gasteiger partial charge in [-0.2, -0.15) is 18.3 Å². The Balaban J connectivity index is 1.40. The molecule has 0 fully saturated rings. The standard InChI is InChI=1S/C30H35F3N4O3/c1-5-7-20(8-6-9-28(38)27-14-21-10-11-22(40-4)15-26(21)36(27)3)16-37-17-24-19(2)23(12-13-25(24)35-37)29(39)34-18-30(31,32)33/h10-15,17,20H,5-9,16,18H2,1-4H3,(H,34,39). The SMILES string of the molecule is CCCC(CCCC(=O)c1cc2ccc(OC)cc2n1C)Cn1cc2c(C)c(C(=O)NCC(F)(F)F)ccc2n1. The number of Topliss-reactive ketones (excluding diaryl/α,β-unsaturated/α-hetero) is 1. The molecule has 0 saturated heterocycles. The van der Waals surface area contributed by atoms with E-state index >= 15 is 0 Å². The maximum Gasteiger partial charge on any atom is 0.405 e. The van der Waals surface area contributed by atoms with Crippen LogP contribution in [-0.4, -0.2) is 45.9 Å². The lowest BCUT2D eigenvalue weighted by atomic mass is 9.96. The molecule has 10 heteroatoms. The highest BCUT2D eigenvalue weighted by Crippen LogP contribution is 2.27. The van der Waals surface area contributed by atoms with E-state index in [1.807, 2.05) is 52.1 Å². The minimum absolute atomic E-state index is 0.102. The van der Waals surface area contributed by atoms with Crippen LogP contribution in [0.1, 0.15) is 65.4 Å². The highest BCUT2D eigenvalue weighted by atomic mass is 19.4. The van der Waals surface area contributed by atoms with Crippen LogP contribution in [0.3, 0.4) is 0 Å². The van der Waals surface area contributed by atoms with Gasteiger partial charge in [0.25, 0.3) is 5.91 Å². The van der Waals surface area contributed by atoms with E-state index in [1.54, 1.807) is 20.1 Å². The molecule has 1 unspecified atom stereocenters. The molecule has 0 aliphatic carbocycles. The van der Waals surface area contributed by atoms with Gasteiger partial charge in [0.2, 0.25) is 0 Å². The first-order valence-corrected chi connectivity index (χ1v) is 13.5. The molecule has 1 atom stereocenters. The maximum atomic E-state index is 13.1. The summed E-state index contributed by atoms with van der Waals surface area (Å²) in [6.07, 6.45) is 1.39. The summed E-state index contributed by atoms with van der Waals surface area (Å²) in [7, 11) is 3.51. The quantitative estimate of drug-likeness (QED) is 0.199. The second kappa shape index (κ2) is 12.1. The smallest absolute Gasteiger partial charge is 0.405 e. The Morgan fingerprint density at radius 1 is 1.12 bits per heavy atom. The molecule has 0 spiro atoms. The summed E-state index contributed by atoms with van der Waals surface area (Å²) in [4.78, 5) is 25.4. The van der Waals surface area contributed by atoms with Crippen molar-refractivity contribution in [3.05, 3.63) is 59.4 Å². The van der Waals surface area contributed by atoms with Gasteiger partial charge in [-0.1, -0.05) is 13.3 Å². The molecule has 4 aromatic rings. The fourth-order valence-electron chi connectivity index (χ4n) is 5.28. The predicted octanol–water partition coefficient (Wildman–Crippen LogP) is 6.61. The van der Waals surface area contributed by atoms with Crippen LogP contribution in [-0.2, 0) is 13.6 Å². The topological polar surface area (TPSA) is 78.1 Å². The minimum atomic E-state index is -4.47. The Bertz CT molecular complexity index is 1520. The van der Waals surface area contributed by atoms with Crippen LogP contribution in [0.4, 0.5) is 13.2 Å². The Morgan fingerprint density at radius 3 is 2.60 bits per heavy atom. The van der Waals surface area contributed by atoms with E-state index in [1.165, 1.54) is 6.07 Å². The Morgan fingerprint density at radius 2 is 1.90 bits per heavy atom. The largest absolute Gasteiger partial charge is 0.497 e. The number of hydrogen-bond acceptors (Lipinski definition) is 4. The van der Waals surface area contributed by atoms with Crippen LogP contribution in [0.15, 0.2) is 42.6 Å². The summed E-state index contributed by atoms with van der Waals surface area (Å²) in [6, 6.07) is 10.9. The van der Waals surface area contributed by atoms with Gasteiger partial charge in [0.1, 0.15) is 12.3 Å². The van der Waals surface area contributed by atoms with Crippen LogP contribution in [0.5, 0.6) is 5.75 Å². The molecular weight excluding hydrogens is 521 g/mol. The molecule has 1 N–H and O–H groups in total. The fraction of sp³-hybridized carbons (Fsp3) is 0.433. The minimum Gasteiger partial charge on any atom is -0.497 e. The predicted molar refractivity (Wildman–Crippen MR) is 149 cm³/mol. The van der Waals surface area contributed by atoms with Crippen molar-refractivity contribution in [2.75, 3.05) is 13.7 Å². The van der Waals surface area contributed by atoms with E-state index in [-0.39, 0.29) is 11.3 Å². The summed E-state index contributed by atoms with van der Waals surface area (Å²) in [5.41, 5.74) is 3.11. The Labute approximate surface area is 231 Å². The van der Waals surface area contributed by atoms with Crippen molar-refractivity contribution in [3.8, 4) is 5.75 Å². The monoisotopic (exact) mass is 556 g/mol. The average Bonchev–Trinajstić information content (AvgIpc) is 3.47. The molecule has 2 aromatic heterocycles. The van der Waals surface area contributed by atoms with Crippen molar-refractivity contribution in [3.63, 3.8) is 0 Å². The number of ether oxygens (including phenoxy) is 1. The van der Waals surface area contributed by atoms with Crippen LogP contribution in [0, 0.1) is 12.8 Å². The number of hydrogen-bond donors (Lipinski definition) is 1. The van der Waals surface area contributed by atoms with Crippen LogP contribution in [0.2, 0.25) is 0 Å². The zero-order valence-electron chi connectivity index (χ0n) is 23.3. The van der Waals surface area contributed by atoms with E-state index in [4.69, 9.17) is 4.74 Å². The number of fused-ring (bicyclic) bond motifs is 2. The number of carbonyl (C=O) groups excluding carboxylic acids is 2. The molecule has 2 heterocycles. The van der Waals surface area contributed by atoms with E-state index < -0.39 is 18.6 Å². The highest BCUT2D eigenvalue weighted by Gasteiger charge is 2.28. The first kappa shape index (κ1) is 29.2. The van der Waals surface area contributed by atoms with Gasteiger partial charge in [0.05, 0.1) is 23.8 Å². The summed E-state index contributed by atoms with van der Waals surface area (Å²) in [6.45, 7) is 3.12. The number of benzene rings is 2. The number of aromatic nitrogens is 3. The van der Waals surface area contributed by atoms with Gasteiger partial charge < -0.3 is 14.6 Å². The number of halogens is 3. The number of rotatable bonds is 12. The molecule has 0 aliphatic rings. The average molecular weight is 557 g/mol. The van der Waals surface area contributed by atoms with Crippen molar-refractivity contribution >= 4 is 33.5 Å². The number of nitrogens with zero attached hydrogens (tertiary/aromatic N) is 3. The third-order valence-electron chi connectivity index (χ3n) is 7.40. The Hall–Kier alpha value is -3.82. The zero-order valence-corrected chi connectivity index (χ0v) is 23.3. The molecule has 2 aromatic carbocycles. The summed E-state index contributed by atoms with van der Waals surface area (Å²) in [5.74, 6) is 0.393. The number of nitrogens with one attached hydrogen (secondary N) is 1. The Kier molecular flexibility index (Phi) is 8.85. The molecule has 7 nitrogen and oxygen atoms in total. The summed E-state index contributed by atoms with van der Waals surface area (Å²) in [5, 5.41) is 8.31. The number of ketones is 1. The first-order valence-electron chi connectivity index (χ1n) is 13.5. The van der Waals surface area contributed by atoms with E-state index in [2.05, 4.69) is 12.0 Å². The second-order valence-electron chi connectivity index (χ2n) is 10.3. The molecule has 0 aliphatic heterocycles. The molecule has 0 radical (unpaired) electrons. The molecule has 4 rings (SSSR count). The molecule has 0 saturated carbocycles. The van der Waals surface area contributed by atoms with Gasteiger partial charge in [-0.05, 0) is 68.0 Å². The molecular formula is C30H35F3N4O3. The summed E-state index contributed by atoms with van der Waals surface area (Å²) >= 11 is 0. The highest BCUT2D eigenvalue weighted by molar-refractivity contribution is 6.01. The van der Waals surface area contributed by atoms with Gasteiger partial charge >= 0.3 is 6.18 Å². The number of carbonyl (C=O) groups is 2. The lowest BCUT2D eigenvalue weighted by Crippen LogP contribution is -2.34. The van der Waals surface area contributed by atoms with Crippen LogP contribution in [0.25, 0.3) is 21.8 Å². The van der Waals surface area contributed by atoms with Crippen molar-refractivity contribution in [1.82, 2.24) is 19.7 Å². The number of alkyl halides is 3. The van der Waals surface area contributed by atoms with E-state index in [0.717, 1.165) is 47.7 Å². The number of aryl methyl sites for hydroxylation is 2. The van der Waals surface area contributed by atoms with Gasteiger partial charge in [0, 0.05) is 48.6 Å². The normalized spacial score (nSPS) is 12.7. The second-order valence-corrected chi connectivity index (χ2v) is 10.3. The van der Waals surface area contributed by atoms with Gasteiger partial charge in [-0.15, -0.1) is 0 Å². The number of amides is 1. The van der Waals surface area contributed by atoms with Crippen LogP contribution >= 0.6 is 0 Å². The lowest BCUT2D eigenvalue weighted by molar-refractivity contribution is -0.123. The molecule has 40 heavy (non-hydrogen) atoms. The fourth-order valence-corrected chi connectivity index (χ4v) is 5.28. The van der Waals surface area contributed by atoms with Gasteiger partial charge in [-0.3, -0.25) is 14.3 Å². The van der Waals surface area contributed by atoms with Crippen molar-refractivity contribution in [2.24, 2.45) is 13.0 Å². The lowest BCUT2D eigenvalue weighted by Gasteiger charge is -2.16. The van der Waals surface area contributed by atoms with Crippen molar-refractivity contribution < 1.29 is 27.5 Å². The first-order chi connectivity index (χ1) is 19.0. The summed E-state index contributed by atoms with van der Waals surface area (Å²) < 4.78 is 46.7. The van der Waals surface area contributed by atoms with Crippen molar-refractivity contribution in [1.29, 1.82) is 0 Å². The third kappa shape index (κ3) is 6.66. The number of methoxy groups -OCH3 is 1. The van der Waals surface area contributed by atoms with E-state index in [9.17, 15) is 22.8 Å². The molecule has 214 valence electrons.